The lowest BCUT2D eigenvalue weighted by molar-refractivity contribution is -0.126. The van der Waals surface area contributed by atoms with Gasteiger partial charge < -0.3 is 14.3 Å². The maximum absolute atomic E-state index is 13.3. The Bertz CT molecular complexity index is 1200. The van der Waals surface area contributed by atoms with Crippen LogP contribution < -0.4 is 5.32 Å². The first-order valence-electron chi connectivity index (χ1n) is 11.2. The molecule has 1 amide bonds. The first-order chi connectivity index (χ1) is 16.0. The maximum atomic E-state index is 13.3. The average molecular weight is 491 g/mol. The van der Waals surface area contributed by atoms with Gasteiger partial charge in [0.1, 0.15) is 9.97 Å². The van der Waals surface area contributed by atoms with Crippen molar-refractivity contribution < 1.29 is 22.2 Å². The summed E-state index contributed by atoms with van der Waals surface area (Å²) in [6.07, 6.45) is 7.27. The zero-order chi connectivity index (χ0) is 22.8. The number of carbonyl (C=O) groups is 1. The number of nitrogens with one attached hydrogen (secondary N) is 1. The van der Waals surface area contributed by atoms with Crippen LogP contribution in [0.4, 0.5) is 0 Å². The quantitative estimate of drug-likeness (QED) is 0.535. The minimum atomic E-state index is -3.72. The number of furan rings is 1. The summed E-state index contributed by atoms with van der Waals surface area (Å²) in [5, 5.41) is 8.65. The molecule has 1 aliphatic carbocycles. The summed E-state index contributed by atoms with van der Waals surface area (Å²) in [5.74, 6) is 1.46. The molecule has 0 aromatic carbocycles. The van der Waals surface area contributed by atoms with Gasteiger partial charge in [0.2, 0.25) is 17.6 Å². The zero-order valence-electron chi connectivity index (χ0n) is 18.1. The highest BCUT2D eigenvalue weighted by molar-refractivity contribution is 7.91. The van der Waals surface area contributed by atoms with Crippen LogP contribution in [0.1, 0.15) is 56.1 Å². The summed E-state index contributed by atoms with van der Waals surface area (Å²) in [7, 11) is -3.72. The molecule has 1 saturated carbocycles. The molecular formula is C22H26N4O5S2. The van der Waals surface area contributed by atoms with Gasteiger partial charge in [-0.15, -0.1) is 11.3 Å². The molecular weight excluding hydrogens is 464 g/mol. The van der Waals surface area contributed by atoms with E-state index < -0.39 is 15.9 Å². The Hall–Kier alpha value is -2.50. The molecule has 1 atom stereocenters. The molecule has 9 nitrogen and oxygen atoms in total. The third kappa shape index (κ3) is 4.75. The molecule has 1 aliphatic heterocycles. The maximum Gasteiger partial charge on any atom is 0.252 e. The van der Waals surface area contributed by atoms with E-state index in [-0.39, 0.29) is 23.2 Å². The molecule has 0 unspecified atom stereocenters. The second-order valence-electron chi connectivity index (χ2n) is 8.59. The van der Waals surface area contributed by atoms with Crippen LogP contribution in [0.3, 0.4) is 0 Å². The first kappa shape index (κ1) is 22.3. The lowest BCUT2D eigenvalue weighted by Crippen LogP contribution is -2.45. The number of nitrogens with zero attached hydrogens (tertiary/aromatic N) is 3. The molecule has 3 aromatic rings. The van der Waals surface area contributed by atoms with Crippen molar-refractivity contribution in [2.75, 3.05) is 13.1 Å². The summed E-state index contributed by atoms with van der Waals surface area (Å²) in [6.45, 7) is 0.843. The van der Waals surface area contributed by atoms with E-state index in [2.05, 4.69) is 15.5 Å². The number of hydrogen-bond acceptors (Lipinski definition) is 8. The van der Waals surface area contributed by atoms with E-state index in [1.165, 1.54) is 17.1 Å². The van der Waals surface area contributed by atoms with E-state index in [4.69, 9.17) is 8.94 Å². The number of thiophene rings is 1. The van der Waals surface area contributed by atoms with E-state index in [1.54, 1.807) is 29.8 Å². The minimum Gasteiger partial charge on any atom is -0.467 e. The van der Waals surface area contributed by atoms with Gasteiger partial charge in [0.25, 0.3) is 10.0 Å². The van der Waals surface area contributed by atoms with E-state index in [1.807, 2.05) is 0 Å². The lowest BCUT2D eigenvalue weighted by Gasteiger charge is -2.30. The smallest absolute Gasteiger partial charge is 0.252 e. The number of carbonyl (C=O) groups excluding carboxylic acids is 1. The third-order valence-corrected chi connectivity index (χ3v) is 9.63. The molecule has 2 aliphatic rings. The molecule has 0 radical (unpaired) electrons. The normalized spacial score (nSPS) is 20.3. The molecule has 33 heavy (non-hydrogen) atoms. The van der Waals surface area contributed by atoms with Gasteiger partial charge in [0.15, 0.2) is 0 Å². The van der Waals surface area contributed by atoms with Crippen LogP contribution in [0.15, 0.2) is 43.0 Å². The predicted octanol–water partition coefficient (Wildman–Crippen LogP) is 3.77. The van der Waals surface area contributed by atoms with Crippen molar-refractivity contribution in [2.45, 2.75) is 55.2 Å². The van der Waals surface area contributed by atoms with Crippen molar-refractivity contribution in [1.29, 1.82) is 0 Å². The van der Waals surface area contributed by atoms with Crippen molar-refractivity contribution in [2.24, 2.45) is 5.92 Å². The molecule has 5 rings (SSSR count). The molecule has 3 aromatic heterocycles. The first-order valence-corrected chi connectivity index (χ1v) is 13.6. The van der Waals surface area contributed by atoms with Crippen molar-refractivity contribution in [3.63, 3.8) is 0 Å². The fourth-order valence-electron chi connectivity index (χ4n) is 4.49. The van der Waals surface area contributed by atoms with E-state index in [9.17, 15) is 13.2 Å². The van der Waals surface area contributed by atoms with Crippen LogP contribution in [-0.4, -0.2) is 41.9 Å². The molecule has 176 valence electrons. The van der Waals surface area contributed by atoms with Crippen molar-refractivity contribution in [3.05, 3.63) is 41.5 Å². The zero-order valence-corrected chi connectivity index (χ0v) is 19.7. The van der Waals surface area contributed by atoms with Crippen molar-refractivity contribution in [1.82, 2.24) is 19.8 Å². The summed E-state index contributed by atoms with van der Waals surface area (Å²) in [5.41, 5.74) is 0.635. The molecule has 1 N–H and O–H groups in total. The van der Waals surface area contributed by atoms with Crippen LogP contribution in [0.2, 0.25) is 0 Å². The number of piperidine rings is 1. The van der Waals surface area contributed by atoms with Gasteiger partial charge >= 0.3 is 0 Å². The second kappa shape index (κ2) is 9.40. The largest absolute Gasteiger partial charge is 0.467 e. The topological polar surface area (TPSA) is 119 Å². The highest BCUT2D eigenvalue weighted by Crippen LogP contribution is 2.35. The van der Waals surface area contributed by atoms with E-state index in [0.29, 0.717) is 48.3 Å². The van der Waals surface area contributed by atoms with Crippen molar-refractivity contribution in [3.8, 4) is 11.4 Å². The fourth-order valence-corrected chi connectivity index (χ4v) is 7.33. The Balaban J connectivity index is 1.25. The van der Waals surface area contributed by atoms with Crippen LogP contribution in [0.25, 0.3) is 11.4 Å². The van der Waals surface area contributed by atoms with Crippen LogP contribution in [0.5, 0.6) is 0 Å². The predicted molar refractivity (Wildman–Crippen MR) is 121 cm³/mol. The van der Waals surface area contributed by atoms with Crippen molar-refractivity contribution >= 4 is 27.3 Å². The number of aromatic nitrogens is 2. The Labute approximate surface area is 196 Å². The molecule has 0 spiro atoms. The summed E-state index contributed by atoms with van der Waals surface area (Å²) in [4.78, 5) is 17.1. The molecule has 11 heteroatoms. The standard InChI is InChI=1S/C22H26N4O5S2/c27-21(23-12-18-8-4-10-30-18)16-7-3-9-26(13-16)33(28,29)19-11-17(14-32-19)20-24-22(31-25-20)15-5-1-2-6-15/h4,8,10-11,14-16H,1-3,5-7,9,12-13H2,(H,23,27)/t16-/m1/s1. The van der Waals surface area contributed by atoms with Gasteiger partial charge in [-0.2, -0.15) is 9.29 Å². The second-order valence-corrected chi connectivity index (χ2v) is 11.7. The van der Waals surface area contributed by atoms with Gasteiger partial charge in [-0.25, -0.2) is 8.42 Å². The molecule has 1 saturated heterocycles. The number of sulfonamides is 1. The molecule has 2 fully saturated rings. The fraction of sp³-hybridized carbons (Fsp3) is 0.500. The Morgan fingerprint density at radius 2 is 2.09 bits per heavy atom. The monoisotopic (exact) mass is 490 g/mol. The molecule has 4 heterocycles. The van der Waals surface area contributed by atoms with Crippen LogP contribution in [-0.2, 0) is 21.4 Å². The number of hydrogen-bond donors (Lipinski definition) is 1. The summed E-state index contributed by atoms with van der Waals surface area (Å²) < 4.78 is 38.9. The SMILES string of the molecule is O=C(NCc1ccco1)[C@@H]1CCCN(S(=O)(=O)c2cc(-c3noc(C4CCCC4)n3)cs2)C1. The summed E-state index contributed by atoms with van der Waals surface area (Å²) in [6, 6.07) is 5.15. The van der Waals surface area contributed by atoms with Gasteiger partial charge in [0, 0.05) is 30.0 Å². The lowest BCUT2D eigenvalue weighted by atomic mass is 9.99. The van der Waals surface area contributed by atoms with E-state index >= 15 is 0 Å². The highest BCUT2D eigenvalue weighted by atomic mass is 32.2. The van der Waals surface area contributed by atoms with E-state index in [0.717, 1.165) is 24.2 Å². The van der Waals surface area contributed by atoms with Crippen LogP contribution in [0, 0.1) is 5.92 Å². The average Bonchev–Trinajstić information content (AvgIpc) is 3.64. The Morgan fingerprint density at radius 3 is 2.88 bits per heavy atom. The summed E-state index contributed by atoms with van der Waals surface area (Å²) >= 11 is 1.14. The number of rotatable bonds is 7. The number of amides is 1. The molecule has 0 bridgehead atoms. The van der Waals surface area contributed by atoms with Gasteiger partial charge in [-0.3, -0.25) is 4.79 Å². The Kier molecular flexibility index (Phi) is 6.35. The van der Waals surface area contributed by atoms with Gasteiger partial charge in [-0.1, -0.05) is 18.0 Å². The van der Waals surface area contributed by atoms with Crippen LogP contribution >= 0.6 is 11.3 Å². The third-order valence-electron chi connectivity index (χ3n) is 6.35. The van der Waals surface area contributed by atoms with Gasteiger partial charge in [-0.05, 0) is 43.9 Å². The highest BCUT2D eigenvalue weighted by Gasteiger charge is 2.34. The Morgan fingerprint density at radius 1 is 1.24 bits per heavy atom. The van der Waals surface area contributed by atoms with Gasteiger partial charge in [0.05, 0.1) is 18.7 Å². The minimum absolute atomic E-state index is 0.160.